The van der Waals surface area contributed by atoms with Gasteiger partial charge in [-0.15, -0.1) is 0 Å². The van der Waals surface area contributed by atoms with Crippen molar-refractivity contribution >= 4 is 0 Å². The van der Waals surface area contributed by atoms with E-state index in [4.69, 9.17) is 15.0 Å². The highest BCUT2D eigenvalue weighted by molar-refractivity contribution is 5.96. The van der Waals surface area contributed by atoms with Crippen LogP contribution in [0.3, 0.4) is 0 Å². The Morgan fingerprint density at radius 1 is 0.321 bits per heavy atom. The van der Waals surface area contributed by atoms with Crippen molar-refractivity contribution in [3.05, 3.63) is 234 Å². The van der Waals surface area contributed by atoms with Gasteiger partial charge in [0, 0.05) is 16.7 Å². The fraction of sp³-hybridized carbons (Fsp3) is 0.0377. The zero-order valence-corrected chi connectivity index (χ0v) is 30.6. The van der Waals surface area contributed by atoms with Gasteiger partial charge in [0.1, 0.15) is 0 Å². The zero-order chi connectivity index (χ0) is 37.1. The number of aromatic nitrogens is 3. The first-order chi connectivity index (χ1) is 27.8. The van der Waals surface area contributed by atoms with Crippen LogP contribution in [0.5, 0.6) is 0 Å². The maximum absolute atomic E-state index is 5.01. The van der Waals surface area contributed by atoms with Crippen LogP contribution in [-0.2, 0) is 11.8 Å². The lowest BCUT2D eigenvalue weighted by Crippen LogP contribution is -2.28. The van der Waals surface area contributed by atoms with Gasteiger partial charge in [-0.05, 0) is 79.2 Å². The highest BCUT2D eigenvalue weighted by atomic mass is 15.0. The summed E-state index contributed by atoms with van der Waals surface area (Å²) in [5.41, 5.74) is 18.0. The van der Waals surface area contributed by atoms with E-state index in [0.717, 1.165) is 23.1 Å². The summed E-state index contributed by atoms with van der Waals surface area (Å²) in [6.45, 7) is 0. The first kappa shape index (κ1) is 32.2. The van der Waals surface area contributed by atoms with Crippen molar-refractivity contribution in [2.75, 3.05) is 0 Å². The second-order valence-corrected chi connectivity index (χ2v) is 14.7. The molecule has 0 saturated carbocycles. The molecule has 2 aliphatic carbocycles. The van der Waals surface area contributed by atoms with E-state index in [1.54, 1.807) is 0 Å². The molecule has 3 nitrogen and oxygen atoms in total. The van der Waals surface area contributed by atoms with Gasteiger partial charge in [0.25, 0.3) is 0 Å². The summed E-state index contributed by atoms with van der Waals surface area (Å²) in [5, 5.41) is 0. The molecule has 0 N–H and O–H groups in total. The van der Waals surface area contributed by atoms with Crippen LogP contribution in [0.15, 0.2) is 200 Å². The molecule has 0 atom stereocenters. The minimum Gasteiger partial charge on any atom is -0.208 e. The third-order valence-electron chi connectivity index (χ3n) is 11.6. The van der Waals surface area contributed by atoms with E-state index in [-0.39, 0.29) is 0 Å². The molecular formula is C53H35N3. The second-order valence-electron chi connectivity index (χ2n) is 14.7. The maximum Gasteiger partial charge on any atom is 0.164 e. The van der Waals surface area contributed by atoms with Crippen LogP contribution in [-0.4, -0.2) is 15.0 Å². The highest BCUT2D eigenvalue weighted by Crippen LogP contribution is 2.58. The molecule has 0 aliphatic heterocycles. The largest absolute Gasteiger partial charge is 0.208 e. The SMILES string of the molecule is c1ccc(-c2nc(-c3ccccc3)nc(-c3ccc4c(c3)Cc3cc(-c5cccc6c5-c5ccccc5C6(c5ccccc5)c5ccccc5)ccc3-4)n2)cc1. The smallest absolute Gasteiger partial charge is 0.164 e. The maximum atomic E-state index is 5.01. The average Bonchev–Trinajstić information content (AvgIpc) is 3.80. The minimum absolute atomic E-state index is 0.427. The van der Waals surface area contributed by atoms with E-state index < -0.39 is 5.41 Å². The Morgan fingerprint density at radius 2 is 0.768 bits per heavy atom. The van der Waals surface area contributed by atoms with Crippen LogP contribution in [0.25, 0.3) is 67.5 Å². The van der Waals surface area contributed by atoms with E-state index >= 15 is 0 Å². The quantitative estimate of drug-likeness (QED) is 0.172. The van der Waals surface area contributed by atoms with Crippen LogP contribution >= 0.6 is 0 Å². The molecule has 0 saturated heterocycles. The predicted molar refractivity (Wildman–Crippen MR) is 227 cm³/mol. The molecule has 3 heteroatoms. The van der Waals surface area contributed by atoms with Crippen LogP contribution in [0.2, 0.25) is 0 Å². The molecule has 0 bridgehead atoms. The third-order valence-corrected chi connectivity index (χ3v) is 11.6. The van der Waals surface area contributed by atoms with Crippen molar-refractivity contribution in [3.63, 3.8) is 0 Å². The first-order valence-electron chi connectivity index (χ1n) is 19.2. The van der Waals surface area contributed by atoms with Crippen LogP contribution in [0, 0.1) is 0 Å². The van der Waals surface area contributed by atoms with E-state index in [0.29, 0.717) is 17.5 Å². The van der Waals surface area contributed by atoms with Crippen molar-refractivity contribution in [2.45, 2.75) is 11.8 Å². The van der Waals surface area contributed by atoms with E-state index in [9.17, 15) is 0 Å². The van der Waals surface area contributed by atoms with Gasteiger partial charge in [-0.3, -0.25) is 0 Å². The highest BCUT2D eigenvalue weighted by Gasteiger charge is 2.46. The number of hydrogen-bond donors (Lipinski definition) is 0. The molecule has 56 heavy (non-hydrogen) atoms. The summed E-state index contributed by atoms with van der Waals surface area (Å²) in [7, 11) is 0. The van der Waals surface area contributed by atoms with E-state index in [2.05, 4.69) is 164 Å². The van der Waals surface area contributed by atoms with Crippen molar-refractivity contribution in [1.29, 1.82) is 0 Å². The fourth-order valence-electron chi connectivity index (χ4n) is 9.19. The molecule has 1 aromatic heterocycles. The molecule has 1 heterocycles. The Morgan fingerprint density at radius 3 is 1.36 bits per heavy atom. The molecule has 262 valence electrons. The molecule has 11 rings (SSSR count). The van der Waals surface area contributed by atoms with E-state index in [1.165, 1.54) is 66.8 Å². The number of hydrogen-bond acceptors (Lipinski definition) is 3. The Kier molecular flexibility index (Phi) is 7.46. The molecule has 8 aromatic carbocycles. The second kappa shape index (κ2) is 13.0. The Labute approximate surface area is 326 Å². The van der Waals surface area contributed by atoms with Gasteiger partial charge in [-0.1, -0.05) is 194 Å². The number of fused-ring (bicyclic) bond motifs is 6. The molecule has 0 unspecified atom stereocenters. The summed E-state index contributed by atoms with van der Waals surface area (Å²) < 4.78 is 0. The normalized spacial score (nSPS) is 13.1. The summed E-state index contributed by atoms with van der Waals surface area (Å²) in [4.78, 5) is 14.9. The summed E-state index contributed by atoms with van der Waals surface area (Å²) in [6.07, 6.45) is 0.845. The van der Waals surface area contributed by atoms with Crippen molar-refractivity contribution in [1.82, 2.24) is 15.0 Å². The number of nitrogens with zero attached hydrogens (tertiary/aromatic N) is 3. The minimum atomic E-state index is -0.427. The molecule has 0 radical (unpaired) electrons. The Bertz CT molecular complexity index is 2820. The summed E-state index contributed by atoms with van der Waals surface area (Å²) >= 11 is 0. The Hall–Kier alpha value is -7.23. The average molecular weight is 714 g/mol. The number of benzene rings is 8. The number of rotatable bonds is 6. The molecule has 0 spiro atoms. The van der Waals surface area contributed by atoms with Crippen LogP contribution in [0.1, 0.15) is 33.4 Å². The zero-order valence-electron chi connectivity index (χ0n) is 30.6. The lowest BCUT2D eigenvalue weighted by Gasteiger charge is -2.34. The van der Waals surface area contributed by atoms with Gasteiger partial charge < -0.3 is 0 Å². The molecule has 9 aromatic rings. The molecule has 0 amide bonds. The monoisotopic (exact) mass is 713 g/mol. The standard InChI is InChI=1S/C53H35N3/c1-5-16-35(17-6-1)50-54-51(36-18-7-2-8-19-36)56-52(55-50)38-29-31-44-40(33-38)34-39-32-37(28-30-43(39)44)45-25-15-27-48-49(45)46-24-13-14-26-47(46)53(48,41-20-9-3-10-21-41)42-22-11-4-12-23-42/h1-33H,34H2. The van der Waals surface area contributed by atoms with Crippen molar-refractivity contribution in [2.24, 2.45) is 0 Å². The molecule has 2 aliphatic rings. The fourth-order valence-corrected chi connectivity index (χ4v) is 9.19. The lowest BCUT2D eigenvalue weighted by molar-refractivity contribution is 0.768. The molecular weight excluding hydrogens is 679 g/mol. The predicted octanol–water partition coefficient (Wildman–Crippen LogP) is 12.5. The summed E-state index contributed by atoms with van der Waals surface area (Å²) in [6, 6.07) is 72.0. The Balaban J connectivity index is 1.01. The summed E-state index contributed by atoms with van der Waals surface area (Å²) in [5.74, 6) is 2.02. The van der Waals surface area contributed by atoms with Crippen LogP contribution < -0.4 is 0 Å². The van der Waals surface area contributed by atoms with Crippen molar-refractivity contribution < 1.29 is 0 Å². The van der Waals surface area contributed by atoms with Gasteiger partial charge in [0.15, 0.2) is 17.5 Å². The van der Waals surface area contributed by atoms with Gasteiger partial charge in [0.05, 0.1) is 5.41 Å². The van der Waals surface area contributed by atoms with E-state index in [1.807, 2.05) is 36.4 Å². The van der Waals surface area contributed by atoms with Gasteiger partial charge in [-0.25, -0.2) is 15.0 Å². The lowest BCUT2D eigenvalue weighted by atomic mass is 9.67. The van der Waals surface area contributed by atoms with Gasteiger partial charge in [-0.2, -0.15) is 0 Å². The van der Waals surface area contributed by atoms with Gasteiger partial charge >= 0.3 is 0 Å². The third kappa shape index (κ3) is 5.02. The van der Waals surface area contributed by atoms with Crippen molar-refractivity contribution in [3.8, 4) is 67.5 Å². The topological polar surface area (TPSA) is 38.7 Å². The molecule has 0 fully saturated rings. The van der Waals surface area contributed by atoms with Gasteiger partial charge in [0.2, 0.25) is 0 Å². The van der Waals surface area contributed by atoms with Crippen LogP contribution in [0.4, 0.5) is 0 Å². The first-order valence-corrected chi connectivity index (χ1v) is 19.2.